The first-order valence-electron chi connectivity index (χ1n) is 7.91. The predicted molar refractivity (Wildman–Crippen MR) is 87.9 cm³/mol. The van der Waals surface area contributed by atoms with Gasteiger partial charge in [-0.15, -0.1) is 0 Å². The molecule has 0 unspecified atom stereocenters. The lowest BCUT2D eigenvalue weighted by atomic mass is 10.1. The second-order valence-electron chi connectivity index (χ2n) is 6.73. The number of carbonyl (C=O) groups is 1. The fourth-order valence-electron chi connectivity index (χ4n) is 2.14. The Bertz CT molecular complexity index is 476. The molecule has 1 saturated heterocycles. The summed E-state index contributed by atoms with van der Waals surface area (Å²) in [4.78, 5) is 11.5. The number of carbonyl (C=O) groups excluding carboxylic acids is 1. The summed E-state index contributed by atoms with van der Waals surface area (Å²) in [7, 11) is 0. The summed E-state index contributed by atoms with van der Waals surface area (Å²) >= 11 is 0. The maximum atomic E-state index is 11.5. The van der Waals surface area contributed by atoms with Crippen LogP contribution < -0.4 is 16.0 Å². The molecule has 1 aliphatic heterocycles. The van der Waals surface area contributed by atoms with Crippen LogP contribution >= 0.6 is 0 Å². The van der Waals surface area contributed by atoms with Gasteiger partial charge in [-0.05, 0) is 38.3 Å². The van der Waals surface area contributed by atoms with Gasteiger partial charge in [-0.2, -0.15) is 0 Å². The minimum Gasteiger partial charge on any atom is -0.444 e. The van der Waals surface area contributed by atoms with Crippen molar-refractivity contribution in [2.24, 2.45) is 0 Å². The average Bonchev–Trinajstić information content (AvgIpc) is 2.36. The number of hydrogen-bond donors (Lipinski definition) is 3. The van der Waals surface area contributed by atoms with Gasteiger partial charge in [-0.25, -0.2) is 4.79 Å². The summed E-state index contributed by atoms with van der Waals surface area (Å²) in [6, 6.07) is 9.13. The molecule has 1 aromatic rings. The average molecular weight is 305 g/mol. The van der Waals surface area contributed by atoms with Crippen LogP contribution in [0.25, 0.3) is 0 Å². The van der Waals surface area contributed by atoms with Gasteiger partial charge < -0.3 is 20.7 Å². The normalized spacial score (nSPS) is 15.2. The number of ether oxygens (including phenoxy) is 1. The van der Waals surface area contributed by atoms with E-state index in [1.807, 2.05) is 20.8 Å². The molecule has 1 heterocycles. The molecule has 22 heavy (non-hydrogen) atoms. The van der Waals surface area contributed by atoms with Crippen LogP contribution in [0, 0.1) is 0 Å². The molecular formula is C17H27N3O2. The molecule has 5 heteroatoms. The van der Waals surface area contributed by atoms with Crippen molar-refractivity contribution in [1.82, 2.24) is 16.0 Å². The standard InChI is InChI=1S/C17H27N3O2/c1-17(2,3)22-16(21)19-9-8-13-4-6-14(7-5-13)10-20-15-11-18-12-15/h4-7,15,18,20H,8-12H2,1-3H3,(H,19,21). The molecule has 0 aromatic heterocycles. The van der Waals surface area contributed by atoms with Crippen LogP contribution in [0.2, 0.25) is 0 Å². The first kappa shape index (κ1) is 16.8. The molecule has 0 spiro atoms. The Hall–Kier alpha value is -1.59. The highest BCUT2D eigenvalue weighted by molar-refractivity contribution is 5.67. The maximum absolute atomic E-state index is 11.5. The van der Waals surface area contributed by atoms with Gasteiger partial charge in [0, 0.05) is 32.2 Å². The molecule has 5 nitrogen and oxygen atoms in total. The van der Waals surface area contributed by atoms with Crippen molar-refractivity contribution < 1.29 is 9.53 Å². The van der Waals surface area contributed by atoms with E-state index in [-0.39, 0.29) is 6.09 Å². The van der Waals surface area contributed by atoms with E-state index < -0.39 is 5.60 Å². The molecule has 3 N–H and O–H groups in total. The van der Waals surface area contributed by atoms with E-state index in [2.05, 4.69) is 40.2 Å². The summed E-state index contributed by atoms with van der Waals surface area (Å²) in [5.41, 5.74) is 2.05. The van der Waals surface area contributed by atoms with Gasteiger partial charge in [0.25, 0.3) is 0 Å². The lowest BCUT2D eigenvalue weighted by Gasteiger charge is -2.28. The zero-order chi connectivity index (χ0) is 16.0. The molecule has 122 valence electrons. The third kappa shape index (κ3) is 6.03. The van der Waals surface area contributed by atoms with Crippen molar-refractivity contribution in [1.29, 1.82) is 0 Å². The van der Waals surface area contributed by atoms with E-state index in [0.29, 0.717) is 12.6 Å². The smallest absolute Gasteiger partial charge is 0.407 e. The van der Waals surface area contributed by atoms with Crippen molar-refractivity contribution in [3.63, 3.8) is 0 Å². The van der Waals surface area contributed by atoms with Gasteiger partial charge in [0.2, 0.25) is 0 Å². The van der Waals surface area contributed by atoms with Crippen LogP contribution in [-0.4, -0.2) is 37.4 Å². The number of amides is 1. The highest BCUT2D eigenvalue weighted by atomic mass is 16.6. The number of alkyl carbamates (subject to hydrolysis) is 1. The molecule has 1 fully saturated rings. The monoisotopic (exact) mass is 305 g/mol. The van der Waals surface area contributed by atoms with Crippen LogP contribution in [-0.2, 0) is 17.7 Å². The molecule has 0 saturated carbocycles. The summed E-state index contributed by atoms with van der Waals surface area (Å²) in [5, 5.41) is 9.52. The van der Waals surface area contributed by atoms with Crippen molar-refractivity contribution >= 4 is 6.09 Å². The second-order valence-corrected chi connectivity index (χ2v) is 6.73. The second kappa shape index (κ2) is 7.61. The zero-order valence-electron chi connectivity index (χ0n) is 13.7. The molecule has 1 aliphatic rings. The topological polar surface area (TPSA) is 62.4 Å². The van der Waals surface area contributed by atoms with Crippen molar-refractivity contribution in [2.75, 3.05) is 19.6 Å². The van der Waals surface area contributed by atoms with E-state index >= 15 is 0 Å². The van der Waals surface area contributed by atoms with Crippen LogP contribution in [0.1, 0.15) is 31.9 Å². The van der Waals surface area contributed by atoms with Gasteiger partial charge >= 0.3 is 6.09 Å². The van der Waals surface area contributed by atoms with Crippen molar-refractivity contribution in [3.05, 3.63) is 35.4 Å². The van der Waals surface area contributed by atoms with Gasteiger partial charge in [-0.3, -0.25) is 0 Å². The number of rotatable bonds is 6. The highest BCUT2D eigenvalue weighted by Crippen LogP contribution is 2.07. The van der Waals surface area contributed by atoms with Crippen LogP contribution in [0.5, 0.6) is 0 Å². The third-order valence-electron chi connectivity index (χ3n) is 3.48. The van der Waals surface area contributed by atoms with Gasteiger partial charge in [-0.1, -0.05) is 24.3 Å². The van der Waals surface area contributed by atoms with E-state index in [1.54, 1.807) is 0 Å². The first-order valence-corrected chi connectivity index (χ1v) is 7.91. The summed E-state index contributed by atoms with van der Waals surface area (Å²) < 4.78 is 5.20. The maximum Gasteiger partial charge on any atom is 0.407 e. The van der Waals surface area contributed by atoms with E-state index in [4.69, 9.17) is 4.74 Å². The number of hydrogen-bond acceptors (Lipinski definition) is 4. The van der Waals surface area contributed by atoms with Gasteiger partial charge in [0.15, 0.2) is 0 Å². The largest absolute Gasteiger partial charge is 0.444 e. The lowest BCUT2D eigenvalue weighted by Crippen LogP contribution is -2.54. The van der Waals surface area contributed by atoms with E-state index in [1.165, 1.54) is 11.1 Å². The van der Waals surface area contributed by atoms with E-state index in [0.717, 1.165) is 26.1 Å². The Kier molecular flexibility index (Phi) is 5.80. The molecular weight excluding hydrogens is 278 g/mol. The Morgan fingerprint density at radius 2 is 1.86 bits per heavy atom. The highest BCUT2D eigenvalue weighted by Gasteiger charge is 2.16. The van der Waals surface area contributed by atoms with Crippen LogP contribution in [0.4, 0.5) is 4.79 Å². The van der Waals surface area contributed by atoms with Gasteiger partial charge in [0.1, 0.15) is 5.60 Å². The quantitative estimate of drug-likeness (QED) is 0.750. The minimum absolute atomic E-state index is 0.359. The molecule has 2 rings (SSSR count). The number of benzene rings is 1. The lowest BCUT2D eigenvalue weighted by molar-refractivity contribution is 0.0528. The Labute approximate surface area is 132 Å². The van der Waals surface area contributed by atoms with Crippen LogP contribution in [0.15, 0.2) is 24.3 Å². The van der Waals surface area contributed by atoms with Gasteiger partial charge in [0.05, 0.1) is 0 Å². The predicted octanol–water partition coefficient (Wildman–Crippen LogP) is 1.82. The molecule has 1 aromatic carbocycles. The fraction of sp³-hybridized carbons (Fsp3) is 0.588. The third-order valence-corrected chi connectivity index (χ3v) is 3.48. The molecule has 0 bridgehead atoms. The Morgan fingerprint density at radius 1 is 1.23 bits per heavy atom. The van der Waals surface area contributed by atoms with Crippen LogP contribution in [0.3, 0.4) is 0 Å². The van der Waals surface area contributed by atoms with Crippen molar-refractivity contribution in [3.8, 4) is 0 Å². The Balaban J connectivity index is 1.66. The minimum atomic E-state index is -0.450. The Morgan fingerprint density at radius 3 is 2.41 bits per heavy atom. The molecule has 0 aliphatic carbocycles. The summed E-state index contributed by atoms with van der Waals surface area (Å²) in [5.74, 6) is 0. The van der Waals surface area contributed by atoms with Crippen molar-refractivity contribution in [2.45, 2.75) is 45.4 Å². The summed E-state index contributed by atoms with van der Waals surface area (Å²) in [6.45, 7) is 9.20. The zero-order valence-corrected chi connectivity index (χ0v) is 13.7. The summed E-state index contributed by atoms with van der Waals surface area (Å²) in [6.07, 6.45) is 0.446. The first-order chi connectivity index (χ1) is 10.4. The number of nitrogens with one attached hydrogen (secondary N) is 3. The molecule has 0 radical (unpaired) electrons. The SMILES string of the molecule is CC(C)(C)OC(=O)NCCc1ccc(CNC2CNC2)cc1. The molecule has 1 amide bonds. The fourth-order valence-corrected chi connectivity index (χ4v) is 2.14. The van der Waals surface area contributed by atoms with E-state index in [9.17, 15) is 4.79 Å². The molecule has 0 atom stereocenters.